The summed E-state index contributed by atoms with van der Waals surface area (Å²) in [6.07, 6.45) is 0. The van der Waals surface area contributed by atoms with Crippen LogP contribution >= 0.6 is 0 Å². The molecule has 7 aromatic rings. The largest absolute Gasteiger partial charge is 0.353 e. The van der Waals surface area contributed by atoms with Crippen LogP contribution in [0.2, 0.25) is 0 Å². The molecule has 0 bridgehead atoms. The molecule has 0 fully saturated rings. The van der Waals surface area contributed by atoms with E-state index in [1.807, 2.05) is 0 Å². The van der Waals surface area contributed by atoms with Gasteiger partial charge < -0.3 is 4.98 Å². The van der Waals surface area contributed by atoms with Crippen LogP contribution in [-0.4, -0.2) is 4.98 Å². The zero-order valence-corrected chi connectivity index (χ0v) is 16.9. The molecule has 7 rings (SSSR count). The zero-order valence-electron chi connectivity index (χ0n) is 16.9. The number of hydrogen-bond donors (Lipinski definition) is 1. The summed E-state index contributed by atoms with van der Waals surface area (Å²) in [5.41, 5.74) is 4.97. The van der Waals surface area contributed by atoms with Crippen LogP contribution in [0.4, 0.5) is 0 Å². The normalized spacial score (nSPS) is 11.9. The number of aromatic nitrogens is 1. The van der Waals surface area contributed by atoms with Gasteiger partial charge in [-0.2, -0.15) is 0 Å². The molecule has 1 N–H and O–H groups in total. The average Bonchev–Trinajstić information content (AvgIpc) is 3.22. The van der Waals surface area contributed by atoms with Crippen molar-refractivity contribution in [3.05, 3.63) is 109 Å². The first-order valence-corrected chi connectivity index (χ1v) is 10.7. The molecule has 0 unspecified atom stereocenters. The van der Waals surface area contributed by atoms with Gasteiger partial charge in [0.05, 0.1) is 11.0 Å². The zero-order chi connectivity index (χ0) is 20.4. The predicted octanol–water partition coefficient (Wildman–Crippen LogP) is 8.45. The summed E-state index contributed by atoms with van der Waals surface area (Å²) in [5, 5.41) is 10.2. The van der Waals surface area contributed by atoms with Gasteiger partial charge in [0, 0.05) is 21.7 Å². The lowest BCUT2D eigenvalue weighted by Gasteiger charge is -2.13. The second-order valence-corrected chi connectivity index (χ2v) is 8.26. The summed E-state index contributed by atoms with van der Waals surface area (Å²) in [4.78, 5) is 3.82. The molecular weight excluding hydrogens is 374 g/mol. The molecule has 1 aromatic heterocycles. The topological polar surface area (TPSA) is 15.8 Å². The first-order chi connectivity index (χ1) is 15.4. The van der Waals surface area contributed by atoms with Crippen molar-refractivity contribution >= 4 is 54.1 Å². The number of benzene rings is 6. The highest BCUT2D eigenvalue weighted by molar-refractivity contribution is 6.22. The van der Waals surface area contributed by atoms with E-state index in [-0.39, 0.29) is 0 Å². The highest BCUT2D eigenvalue weighted by Gasteiger charge is 2.15. The fourth-order valence-electron chi connectivity index (χ4n) is 5.18. The van der Waals surface area contributed by atoms with Crippen molar-refractivity contribution in [1.82, 2.24) is 4.98 Å². The monoisotopic (exact) mass is 393 g/mol. The lowest BCUT2D eigenvalue weighted by Crippen LogP contribution is -1.87. The Balaban J connectivity index is 1.69. The minimum absolute atomic E-state index is 1.20. The van der Waals surface area contributed by atoms with Crippen molar-refractivity contribution in [2.75, 3.05) is 0 Å². The van der Waals surface area contributed by atoms with Crippen LogP contribution in [0.3, 0.4) is 0 Å². The molecule has 0 aliphatic carbocycles. The highest BCUT2D eigenvalue weighted by Crippen LogP contribution is 2.41. The maximum atomic E-state index is 3.82. The first kappa shape index (κ1) is 16.7. The van der Waals surface area contributed by atoms with Gasteiger partial charge in [-0.05, 0) is 38.6 Å². The van der Waals surface area contributed by atoms with Gasteiger partial charge in [-0.25, -0.2) is 0 Å². The average molecular weight is 393 g/mol. The molecule has 0 amide bonds. The Bertz CT molecular complexity index is 1730. The number of aromatic amines is 1. The number of hydrogen-bond acceptors (Lipinski definition) is 0. The SMILES string of the molecule is c1ccc2c(-c3cccc4c3[nH]c3c5ccccc5ccc43)c3ccccc3cc2c1. The quantitative estimate of drug-likeness (QED) is 0.269. The third-order valence-electron chi connectivity index (χ3n) is 6.57. The molecule has 0 atom stereocenters. The molecule has 1 nitrogen and oxygen atoms in total. The van der Waals surface area contributed by atoms with E-state index in [9.17, 15) is 0 Å². The highest BCUT2D eigenvalue weighted by atomic mass is 14.7. The maximum absolute atomic E-state index is 3.82. The first-order valence-electron chi connectivity index (χ1n) is 10.7. The fourth-order valence-corrected chi connectivity index (χ4v) is 5.18. The third kappa shape index (κ3) is 2.32. The second kappa shape index (κ2) is 6.20. The van der Waals surface area contributed by atoms with Crippen LogP contribution in [0.15, 0.2) is 109 Å². The van der Waals surface area contributed by atoms with E-state index in [1.54, 1.807) is 0 Å². The van der Waals surface area contributed by atoms with Gasteiger partial charge in [0.25, 0.3) is 0 Å². The van der Waals surface area contributed by atoms with E-state index >= 15 is 0 Å². The van der Waals surface area contributed by atoms with Gasteiger partial charge in [0.2, 0.25) is 0 Å². The van der Waals surface area contributed by atoms with Crippen molar-refractivity contribution in [3.63, 3.8) is 0 Å². The maximum Gasteiger partial charge on any atom is 0.0545 e. The van der Waals surface area contributed by atoms with Crippen LogP contribution in [0, 0.1) is 0 Å². The van der Waals surface area contributed by atoms with Crippen LogP contribution in [-0.2, 0) is 0 Å². The number of fused-ring (bicyclic) bond motifs is 7. The predicted molar refractivity (Wildman–Crippen MR) is 134 cm³/mol. The van der Waals surface area contributed by atoms with E-state index in [1.165, 1.54) is 65.3 Å². The third-order valence-corrected chi connectivity index (χ3v) is 6.57. The molecule has 31 heavy (non-hydrogen) atoms. The summed E-state index contributed by atoms with van der Waals surface area (Å²) in [6.45, 7) is 0. The molecular formula is C30H19N. The van der Waals surface area contributed by atoms with E-state index in [0.717, 1.165) is 0 Å². The molecule has 0 spiro atoms. The summed E-state index contributed by atoms with van der Waals surface area (Å²) in [6, 6.07) is 39.5. The van der Waals surface area contributed by atoms with Gasteiger partial charge in [0.1, 0.15) is 0 Å². The Hall–Kier alpha value is -4.10. The Kier molecular flexibility index (Phi) is 3.33. The van der Waals surface area contributed by atoms with Crippen molar-refractivity contribution in [1.29, 1.82) is 0 Å². The van der Waals surface area contributed by atoms with Crippen molar-refractivity contribution < 1.29 is 0 Å². The van der Waals surface area contributed by atoms with E-state index < -0.39 is 0 Å². The summed E-state index contributed by atoms with van der Waals surface area (Å²) < 4.78 is 0. The standard InChI is InChI=1S/C30H19N/c1-6-13-24-19(8-1)16-17-26-25-14-7-15-27(30(25)31-29(24)26)28-22-11-4-2-9-20(22)18-21-10-3-5-12-23(21)28/h1-18,31H. The van der Waals surface area contributed by atoms with Crippen LogP contribution in [0.1, 0.15) is 0 Å². The Morgan fingerprint density at radius 1 is 0.387 bits per heavy atom. The van der Waals surface area contributed by atoms with Crippen molar-refractivity contribution in [3.8, 4) is 11.1 Å². The van der Waals surface area contributed by atoms with E-state index in [2.05, 4.69) is 114 Å². The number of rotatable bonds is 1. The number of H-pyrrole nitrogens is 1. The minimum Gasteiger partial charge on any atom is -0.353 e. The molecule has 0 aliphatic heterocycles. The Morgan fingerprint density at radius 2 is 0.968 bits per heavy atom. The van der Waals surface area contributed by atoms with Crippen LogP contribution < -0.4 is 0 Å². The Labute approximate surface area is 179 Å². The van der Waals surface area contributed by atoms with E-state index in [0.29, 0.717) is 0 Å². The van der Waals surface area contributed by atoms with E-state index in [4.69, 9.17) is 0 Å². The molecule has 144 valence electrons. The van der Waals surface area contributed by atoms with Crippen molar-refractivity contribution in [2.45, 2.75) is 0 Å². The number of nitrogens with one attached hydrogen (secondary N) is 1. The van der Waals surface area contributed by atoms with Gasteiger partial charge in [-0.15, -0.1) is 0 Å². The number of para-hydroxylation sites is 1. The molecule has 1 heteroatoms. The minimum atomic E-state index is 1.20. The molecule has 0 aliphatic rings. The van der Waals surface area contributed by atoms with Gasteiger partial charge >= 0.3 is 0 Å². The summed E-state index contributed by atoms with van der Waals surface area (Å²) in [5.74, 6) is 0. The lowest BCUT2D eigenvalue weighted by molar-refractivity contribution is 1.56. The summed E-state index contributed by atoms with van der Waals surface area (Å²) in [7, 11) is 0. The molecule has 0 radical (unpaired) electrons. The van der Waals surface area contributed by atoms with Crippen LogP contribution in [0.5, 0.6) is 0 Å². The van der Waals surface area contributed by atoms with Crippen LogP contribution in [0.25, 0.3) is 65.3 Å². The summed E-state index contributed by atoms with van der Waals surface area (Å²) >= 11 is 0. The van der Waals surface area contributed by atoms with Crippen molar-refractivity contribution in [2.24, 2.45) is 0 Å². The van der Waals surface area contributed by atoms with Gasteiger partial charge in [-0.1, -0.05) is 103 Å². The molecule has 0 saturated carbocycles. The molecule has 6 aromatic carbocycles. The second-order valence-electron chi connectivity index (χ2n) is 8.26. The molecule has 0 saturated heterocycles. The smallest absolute Gasteiger partial charge is 0.0545 e. The molecule has 1 heterocycles. The van der Waals surface area contributed by atoms with Gasteiger partial charge in [0.15, 0.2) is 0 Å². The lowest BCUT2D eigenvalue weighted by atomic mass is 9.91. The van der Waals surface area contributed by atoms with Gasteiger partial charge in [-0.3, -0.25) is 0 Å². The fraction of sp³-hybridized carbons (Fsp3) is 0. The Morgan fingerprint density at radius 3 is 1.71 bits per heavy atom.